The van der Waals surface area contributed by atoms with Gasteiger partial charge in [-0.15, -0.1) is 0 Å². The first-order chi connectivity index (χ1) is 9.20. The average molecular weight is 324 g/mol. The van der Waals surface area contributed by atoms with Crippen LogP contribution >= 0.6 is 15.9 Å². The number of likely N-dealkylation sites (tertiary alicyclic amines) is 1. The fraction of sp³-hybridized carbons (Fsp3) is 0.562. The van der Waals surface area contributed by atoms with Crippen LogP contribution in [0.4, 0.5) is 0 Å². The van der Waals surface area contributed by atoms with Gasteiger partial charge < -0.3 is 4.90 Å². The Labute approximate surface area is 124 Å². The van der Waals surface area contributed by atoms with Crippen LogP contribution in [0.2, 0.25) is 0 Å². The molecule has 1 unspecified atom stereocenters. The van der Waals surface area contributed by atoms with Gasteiger partial charge in [-0.05, 0) is 49.4 Å². The summed E-state index contributed by atoms with van der Waals surface area (Å²) < 4.78 is 1.02. The van der Waals surface area contributed by atoms with E-state index in [4.69, 9.17) is 0 Å². The second-order valence-electron chi connectivity index (χ2n) is 5.38. The first kappa shape index (κ1) is 14.6. The number of rotatable bonds is 3. The number of nitrogens with zero attached hydrogens (tertiary/aromatic N) is 1. The molecule has 0 radical (unpaired) electrons. The second kappa shape index (κ2) is 7.09. The molecule has 1 aliphatic rings. The minimum Gasteiger partial charge on any atom is -0.339 e. The van der Waals surface area contributed by atoms with Crippen molar-refractivity contribution in [2.45, 2.75) is 39.0 Å². The SMILES string of the molecule is CCCC1CCCN(C(=O)c2ccc(Br)cc2)CC1. The minimum absolute atomic E-state index is 0.185. The van der Waals surface area contributed by atoms with Crippen molar-refractivity contribution in [1.29, 1.82) is 0 Å². The zero-order valence-corrected chi connectivity index (χ0v) is 13.2. The number of halogens is 1. The molecule has 1 atom stereocenters. The first-order valence-corrected chi connectivity index (χ1v) is 8.05. The van der Waals surface area contributed by atoms with Gasteiger partial charge in [0, 0.05) is 23.1 Å². The van der Waals surface area contributed by atoms with Crippen molar-refractivity contribution >= 4 is 21.8 Å². The quantitative estimate of drug-likeness (QED) is 0.802. The van der Waals surface area contributed by atoms with Crippen LogP contribution in [0.5, 0.6) is 0 Å². The molecule has 104 valence electrons. The van der Waals surface area contributed by atoms with Crippen LogP contribution < -0.4 is 0 Å². The number of hydrogen-bond donors (Lipinski definition) is 0. The Hall–Kier alpha value is -0.830. The van der Waals surface area contributed by atoms with E-state index in [9.17, 15) is 4.79 Å². The lowest BCUT2D eigenvalue weighted by molar-refractivity contribution is 0.0760. The van der Waals surface area contributed by atoms with Gasteiger partial charge in [0.25, 0.3) is 5.91 Å². The van der Waals surface area contributed by atoms with Crippen molar-refractivity contribution in [3.05, 3.63) is 34.3 Å². The van der Waals surface area contributed by atoms with Crippen LogP contribution in [0, 0.1) is 5.92 Å². The molecule has 1 saturated heterocycles. The average Bonchev–Trinajstić information content (AvgIpc) is 2.65. The molecule has 0 spiro atoms. The topological polar surface area (TPSA) is 20.3 Å². The lowest BCUT2D eigenvalue weighted by Gasteiger charge is -2.20. The Bertz CT molecular complexity index is 415. The van der Waals surface area contributed by atoms with E-state index < -0.39 is 0 Å². The summed E-state index contributed by atoms with van der Waals surface area (Å²) in [7, 11) is 0. The van der Waals surface area contributed by atoms with Crippen LogP contribution in [0.15, 0.2) is 28.7 Å². The molecule has 0 saturated carbocycles. The van der Waals surface area contributed by atoms with E-state index in [0.29, 0.717) is 0 Å². The van der Waals surface area contributed by atoms with Crippen molar-refractivity contribution < 1.29 is 4.79 Å². The maximum absolute atomic E-state index is 12.4. The Kier molecular flexibility index (Phi) is 5.44. The molecule has 1 amide bonds. The number of carbonyl (C=O) groups is 1. The van der Waals surface area contributed by atoms with E-state index in [-0.39, 0.29) is 5.91 Å². The Balaban J connectivity index is 1.98. The molecule has 1 fully saturated rings. The monoisotopic (exact) mass is 323 g/mol. The molecule has 2 rings (SSSR count). The van der Waals surface area contributed by atoms with Gasteiger partial charge in [0.1, 0.15) is 0 Å². The number of amides is 1. The summed E-state index contributed by atoms with van der Waals surface area (Å²) in [6.45, 7) is 4.07. The molecular formula is C16H22BrNO. The summed E-state index contributed by atoms with van der Waals surface area (Å²) in [5.41, 5.74) is 0.803. The van der Waals surface area contributed by atoms with Crippen molar-refractivity contribution in [1.82, 2.24) is 4.90 Å². The highest BCUT2D eigenvalue weighted by Gasteiger charge is 2.20. The van der Waals surface area contributed by atoms with Gasteiger partial charge in [-0.25, -0.2) is 0 Å². The second-order valence-corrected chi connectivity index (χ2v) is 6.30. The highest BCUT2D eigenvalue weighted by atomic mass is 79.9. The maximum Gasteiger partial charge on any atom is 0.253 e. The predicted molar refractivity (Wildman–Crippen MR) is 82.3 cm³/mol. The summed E-state index contributed by atoms with van der Waals surface area (Å²) in [6.07, 6.45) is 6.15. The summed E-state index contributed by atoms with van der Waals surface area (Å²) in [5.74, 6) is 0.998. The molecule has 19 heavy (non-hydrogen) atoms. The normalized spacial score (nSPS) is 20.1. The molecule has 3 heteroatoms. The fourth-order valence-corrected chi connectivity index (χ4v) is 3.10. The van der Waals surface area contributed by atoms with Crippen LogP contribution in [-0.2, 0) is 0 Å². The number of benzene rings is 1. The minimum atomic E-state index is 0.185. The molecule has 0 N–H and O–H groups in total. The summed E-state index contributed by atoms with van der Waals surface area (Å²) in [6, 6.07) is 7.68. The predicted octanol–water partition coefficient (Wildman–Crippen LogP) is 4.49. The highest BCUT2D eigenvalue weighted by Crippen LogP contribution is 2.23. The third kappa shape index (κ3) is 4.07. The van der Waals surface area contributed by atoms with E-state index in [1.165, 1.54) is 19.3 Å². The van der Waals surface area contributed by atoms with Crippen molar-refractivity contribution in [2.24, 2.45) is 5.92 Å². The smallest absolute Gasteiger partial charge is 0.253 e. The Morgan fingerprint density at radius 1 is 1.26 bits per heavy atom. The zero-order chi connectivity index (χ0) is 13.7. The van der Waals surface area contributed by atoms with Gasteiger partial charge in [0.05, 0.1) is 0 Å². The zero-order valence-electron chi connectivity index (χ0n) is 11.6. The van der Waals surface area contributed by atoms with Crippen LogP contribution in [-0.4, -0.2) is 23.9 Å². The third-order valence-corrected chi connectivity index (χ3v) is 4.45. The van der Waals surface area contributed by atoms with Gasteiger partial charge >= 0.3 is 0 Å². The van der Waals surface area contributed by atoms with Gasteiger partial charge in [0.15, 0.2) is 0 Å². The van der Waals surface area contributed by atoms with E-state index in [0.717, 1.165) is 41.9 Å². The number of hydrogen-bond acceptors (Lipinski definition) is 1. The van der Waals surface area contributed by atoms with Crippen molar-refractivity contribution in [3.63, 3.8) is 0 Å². The standard InChI is InChI=1S/C16H22BrNO/c1-2-4-13-5-3-11-18(12-10-13)16(19)14-6-8-15(17)9-7-14/h6-9,13H,2-5,10-12H2,1H3. The Morgan fingerprint density at radius 2 is 2.00 bits per heavy atom. The Morgan fingerprint density at radius 3 is 2.68 bits per heavy atom. The van der Waals surface area contributed by atoms with E-state index in [2.05, 4.69) is 22.9 Å². The van der Waals surface area contributed by atoms with Gasteiger partial charge in [0.2, 0.25) is 0 Å². The lowest BCUT2D eigenvalue weighted by Crippen LogP contribution is -2.31. The summed E-state index contributed by atoms with van der Waals surface area (Å²) in [5, 5.41) is 0. The fourth-order valence-electron chi connectivity index (χ4n) is 2.84. The van der Waals surface area contributed by atoms with Crippen LogP contribution in [0.3, 0.4) is 0 Å². The lowest BCUT2D eigenvalue weighted by atomic mass is 9.96. The largest absolute Gasteiger partial charge is 0.339 e. The molecular weight excluding hydrogens is 302 g/mol. The van der Waals surface area contributed by atoms with Gasteiger partial charge in [-0.2, -0.15) is 0 Å². The third-order valence-electron chi connectivity index (χ3n) is 3.92. The maximum atomic E-state index is 12.4. The van der Waals surface area contributed by atoms with E-state index in [1.807, 2.05) is 29.2 Å². The molecule has 0 bridgehead atoms. The van der Waals surface area contributed by atoms with Crippen molar-refractivity contribution in [2.75, 3.05) is 13.1 Å². The summed E-state index contributed by atoms with van der Waals surface area (Å²) in [4.78, 5) is 14.5. The number of carbonyl (C=O) groups excluding carboxylic acids is 1. The molecule has 0 aromatic heterocycles. The molecule has 1 aromatic carbocycles. The van der Waals surface area contributed by atoms with Crippen LogP contribution in [0.1, 0.15) is 49.4 Å². The van der Waals surface area contributed by atoms with E-state index >= 15 is 0 Å². The molecule has 0 aliphatic carbocycles. The summed E-state index contributed by atoms with van der Waals surface area (Å²) >= 11 is 3.40. The molecule has 2 nitrogen and oxygen atoms in total. The van der Waals surface area contributed by atoms with Gasteiger partial charge in [-0.1, -0.05) is 35.7 Å². The molecule has 1 heterocycles. The first-order valence-electron chi connectivity index (χ1n) is 7.25. The van der Waals surface area contributed by atoms with Gasteiger partial charge in [-0.3, -0.25) is 4.79 Å². The highest BCUT2D eigenvalue weighted by molar-refractivity contribution is 9.10. The van der Waals surface area contributed by atoms with E-state index in [1.54, 1.807) is 0 Å². The van der Waals surface area contributed by atoms with Crippen LogP contribution in [0.25, 0.3) is 0 Å². The van der Waals surface area contributed by atoms with Crippen molar-refractivity contribution in [3.8, 4) is 0 Å². The molecule has 1 aliphatic heterocycles. The molecule has 1 aromatic rings.